The Bertz CT molecular complexity index is 394. The molecule has 0 spiro atoms. The summed E-state index contributed by atoms with van der Waals surface area (Å²) in [6.07, 6.45) is 2.06. The monoisotopic (exact) mass is 334 g/mol. The Labute approximate surface area is 123 Å². The van der Waals surface area contributed by atoms with Crippen LogP contribution in [0.5, 0.6) is 11.5 Å². The largest absolute Gasteiger partial charge is 0.493 e. The van der Waals surface area contributed by atoms with Gasteiger partial charge in [0.25, 0.3) is 0 Å². The summed E-state index contributed by atoms with van der Waals surface area (Å²) in [7, 11) is 3.26. The molecule has 0 aliphatic rings. The molecule has 0 heterocycles. The summed E-state index contributed by atoms with van der Waals surface area (Å²) in [6.45, 7) is 4.40. The summed E-state index contributed by atoms with van der Waals surface area (Å²) in [5.74, 6) is 2.08. The minimum Gasteiger partial charge on any atom is -0.493 e. The molecule has 0 aliphatic carbocycles. The van der Waals surface area contributed by atoms with Crippen molar-refractivity contribution in [2.45, 2.75) is 32.1 Å². The van der Waals surface area contributed by atoms with E-state index in [-0.39, 0.29) is 5.38 Å². The maximum absolute atomic E-state index is 6.45. The van der Waals surface area contributed by atoms with Gasteiger partial charge in [-0.3, -0.25) is 0 Å². The van der Waals surface area contributed by atoms with Crippen LogP contribution in [-0.4, -0.2) is 14.2 Å². The molecule has 0 saturated carbocycles. The minimum atomic E-state index is -0.0124. The first kappa shape index (κ1) is 15.6. The number of alkyl halides is 1. The van der Waals surface area contributed by atoms with Crippen molar-refractivity contribution in [1.82, 2.24) is 0 Å². The first-order valence-electron chi connectivity index (χ1n) is 6.05. The highest BCUT2D eigenvalue weighted by Crippen LogP contribution is 2.39. The molecule has 18 heavy (non-hydrogen) atoms. The van der Waals surface area contributed by atoms with Crippen LogP contribution in [0.1, 0.15) is 37.6 Å². The fourth-order valence-electron chi connectivity index (χ4n) is 1.75. The van der Waals surface area contributed by atoms with Gasteiger partial charge in [0.1, 0.15) is 0 Å². The van der Waals surface area contributed by atoms with E-state index in [9.17, 15) is 0 Å². The van der Waals surface area contributed by atoms with Gasteiger partial charge in [0.2, 0.25) is 0 Å². The molecule has 1 unspecified atom stereocenters. The van der Waals surface area contributed by atoms with E-state index < -0.39 is 0 Å². The zero-order valence-corrected chi connectivity index (χ0v) is 13.6. The van der Waals surface area contributed by atoms with E-state index in [2.05, 4.69) is 29.8 Å². The molecule has 1 aromatic carbocycles. The number of rotatable bonds is 6. The lowest BCUT2D eigenvalue weighted by Crippen LogP contribution is -1.98. The first-order chi connectivity index (χ1) is 8.49. The predicted molar refractivity (Wildman–Crippen MR) is 79.9 cm³/mol. The predicted octanol–water partition coefficient (Wildman–Crippen LogP) is 5.18. The molecule has 102 valence electrons. The third kappa shape index (κ3) is 4.06. The Kier molecular flexibility index (Phi) is 6.30. The number of halogens is 2. The van der Waals surface area contributed by atoms with Crippen molar-refractivity contribution in [3.05, 3.63) is 22.2 Å². The first-order valence-corrected chi connectivity index (χ1v) is 7.28. The highest BCUT2D eigenvalue weighted by Gasteiger charge is 2.16. The van der Waals surface area contributed by atoms with Gasteiger partial charge in [-0.15, -0.1) is 11.6 Å². The van der Waals surface area contributed by atoms with Crippen LogP contribution in [0.15, 0.2) is 16.6 Å². The van der Waals surface area contributed by atoms with Crippen molar-refractivity contribution in [1.29, 1.82) is 0 Å². The number of benzene rings is 1. The molecule has 0 aliphatic heterocycles. The van der Waals surface area contributed by atoms with Crippen molar-refractivity contribution in [3.8, 4) is 11.5 Å². The zero-order valence-electron chi connectivity index (χ0n) is 11.3. The number of ether oxygens (including phenoxy) is 2. The Morgan fingerprint density at radius 2 is 1.67 bits per heavy atom. The molecule has 0 bridgehead atoms. The van der Waals surface area contributed by atoms with Crippen LogP contribution >= 0.6 is 27.5 Å². The molecule has 4 heteroatoms. The van der Waals surface area contributed by atoms with Crippen LogP contribution in [0.25, 0.3) is 0 Å². The van der Waals surface area contributed by atoms with E-state index in [1.54, 1.807) is 14.2 Å². The second kappa shape index (κ2) is 7.25. The summed E-state index contributed by atoms with van der Waals surface area (Å²) in [6, 6.07) is 3.85. The SMILES string of the molecule is COc1cc(Br)c(C(Cl)CCC(C)C)cc1OC. The summed E-state index contributed by atoms with van der Waals surface area (Å²) < 4.78 is 11.5. The molecular weight excluding hydrogens is 316 g/mol. The lowest BCUT2D eigenvalue weighted by atomic mass is 10.0. The van der Waals surface area contributed by atoms with Gasteiger partial charge < -0.3 is 9.47 Å². The van der Waals surface area contributed by atoms with E-state index in [4.69, 9.17) is 21.1 Å². The fourth-order valence-corrected chi connectivity index (χ4v) is 2.78. The van der Waals surface area contributed by atoms with E-state index >= 15 is 0 Å². The Morgan fingerprint density at radius 1 is 1.11 bits per heavy atom. The van der Waals surface area contributed by atoms with Gasteiger partial charge >= 0.3 is 0 Å². The van der Waals surface area contributed by atoms with Crippen LogP contribution in [0.2, 0.25) is 0 Å². The van der Waals surface area contributed by atoms with Gasteiger partial charge in [-0.25, -0.2) is 0 Å². The van der Waals surface area contributed by atoms with E-state index in [1.165, 1.54) is 0 Å². The van der Waals surface area contributed by atoms with Crippen LogP contribution in [0, 0.1) is 5.92 Å². The molecule has 0 N–H and O–H groups in total. The fraction of sp³-hybridized carbons (Fsp3) is 0.571. The van der Waals surface area contributed by atoms with Gasteiger partial charge in [0.15, 0.2) is 11.5 Å². The van der Waals surface area contributed by atoms with Gasteiger partial charge in [-0.2, -0.15) is 0 Å². The average Bonchev–Trinajstić information content (AvgIpc) is 2.35. The lowest BCUT2D eigenvalue weighted by Gasteiger charge is -2.16. The third-order valence-corrected chi connectivity index (χ3v) is 3.98. The maximum Gasteiger partial charge on any atom is 0.161 e. The van der Waals surface area contributed by atoms with E-state index in [0.29, 0.717) is 17.4 Å². The van der Waals surface area contributed by atoms with Crippen LogP contribution in [0.3, 0.4) is 0 Å². The molecule has 0 radical (unpaired) electrons. The van der Waals surface area contributed by atoms with E-state index in [0.717, 1.165) is 22.9 Å². The molecule has 0 fully saturated rings. The van der Waals surface area contributed by atoms with Crippen LogP contribution < -0.4 is 9.47 Å². The maximum atomic E-state index is 6.45. The second-order valence-corrected chi connectivity index (χ2v) is 6.05. The van der Waals surface area contributed by atoms with Gasteiger partial charge in [0.05, 0.1) is 19.6 Å². The lowest BCUT2D eigenvalue weighted by molar-refractivity contribution is 0.354. The van der Waals surface area contributed by atoms with Crippen molar-refractivity contribution in [2.75, 3.05) is 14.2 Å². The van der Waals surface area contributed by atoms with Crippen molar-refractivity contribution < 1.29 is 9.47 Å². The number of methoxy groups -OCH3 is 2. The summed E-state index contributed by atoms with van der Waals surface area (Å²) in [5, 5.41) is -0.0124. The second-order valence-electron chi connectivity index (χ2n) is 4.67. The number of hydrogen-bond donors (Lipinski definition) is 0. The Balaban J connectivity index is 2.94. The third-order valence-electron chi connectivity index (χ3n) is 2.84. The molecular formula is C14H20BrClO2. The normalized spacial score (nSPS) is 12.6. The molecule has 2 nitrogen and oxygen atoms in total. The van der Waals surface area contributed by atoms with Gasteiger partial charge in [0, 0.05) is 4.47 Å². The van der Waals surface area contributed by atoms with Crippen molar-refractivity contribution in [2.24, 2.45) is 5.92 Å². The zero-order chi connectivity index (χ0) is 13.7. The molecule has 1 rings (SSSR count). The smallest absolute Gasteiger partial charge is 0.161 e. The summed E-state index contributed by atoms with van der Waals surface area (Å²) in [5.41, 5.74) is 1.05. The highest BCUT2D eigenvalue weighted by atomic mass is 79.9. The van der Waals surface area contributed by atoms with Gasteiger partial charge in [-0.05, 0) is 36.5 Å². The van der Waals surface area contributed by atoms with E-state index in [1.807, 2.05) is 12.1 Å². The van der Waals surface area contributed by atoms with Crippen molar-refractivity contribution >= 4 is 27.5 Å². The topological polar surface area (TPSA) is 18.5 Å². The molecule has 1 atom stereocenters. The molecule has 0 aromatic heterocycles. The quantitative estimate of drug-likeness (QED) is 0.667. The highest BCUT2D eigenvalue weighted by molar-refractivity contribution is 9.10. The Morgan fingerprint density at radius 3 is 2.17 bits per heavy atom. The standard InChI is InChI=1S/C14H20BrClO2/c1-9(2)5-6-12(16)10-7-13(17-3)14(18-4)8-11(10)15/h7-9,12H,5-6H2,1-4H3. The summed E-state index contributed by atoms with van der Waals surface area (Å²) >= 11 is 9.99. The summed E-state index contributed by atoms with van der Waals surface area (Å²) in [4.78, 5) is 0. The van der Waals surface area contributed by atoms with Crippen LogP contribution in [0.4, 0.5) is 0 Å². The average molecular weight is 336 g/mol. The minimum absolute atomic E-state index is 0.0124. The number of hydrogen-bond acceptors (Lipinski definition) is 2. The van der Waals surface area contributed by atoms with Crippen molar-refractivity contribution in [3.63, 3.8) is 0 Å². The van der Waals surface area contributed by atoms with Gasteiger partial charge in [-0.1, -0.05) is 29.8 Å². The molecule has 1 aromatic rings. The molecule has 0 amide bonds. The van der Waals surface area contributed by atoms with Crippen LogP contribution in [-0.2, 0) is 0 Å². The Hall–Kier alpha value is -0.410. The molecule has 0 saturated heterocycles.